The van der Waals surface area contributed by atoms with Gasteiger partial charge >= 0.3 is 5.97 Å². The summed E-state index contributed by atoms with van der Waals surface area (Å²) >= 11 is 8.41. The Morgan fingerprint density at radius 1 is 1.29 bits per heavy atom. The van der Waals surface area contributed by atoms with Crippen LogP contribution >= 0.6 is 46.8 Å². The van der Waals surface area contributed by atoms with Gasteiger partial charge in [-0.3, -0.25) is 29.4 Å². The van der Waals surface area contributed by atoms with E-state index >= 15 is 0 Å². The Morgan fingerprint density at radius 3 is 2.71 bits per heavy atom. The first-order valence-corrected chi connectivity index (χ1v) is 15.5. The maximum Gasteiger partial charge on any atom is 0.353 e. The van der Waals surface area contributed by atoms with Crippen LogP contribution in [0.3, 0.4) is 0 Å². The molecule has 45 heavy (non-hydrogen) atoms. The zero-order chi connectivity index (χ0) is 32.6. The van der Waals surface area contributed by atoms with Gasteiger partial charge in [-0.1, -0.05) is 28.7 Å². The van der Waals surface area contributed by atoms with Crippen molar-refractivity contribution in [2.45, 2.75) is 24.9 Å². The van der Waals surface area contributed by atoms with E-state index in [-0.39, 0.29) is 60.9 Å². The number of thiocarbonyl (C=S) groups is 1. The number of oxime groups is 1. The van der Waals surface area contributed by atoms with Crippen LogP contribution in [0.15, 0.2) is 33.5 Å². The van der Waals surface area contributed by atoms with Gasteiger partial charge in [0.2, 0.25) is 28.0 Å². The van der Waals surface area contributed by atoms with E-state index < -0.39 is 46.3 Å². The molecule has 18 nitrogen and oxygen atoms in total. The third-order valence-corrected chi connectivity index (χ3v) is 9.62. The molecule has 0 saturated carbocycles. The standard InChI is InChI=1S/C23H20N10O8S4/c1-7-14(36)9(34)3-4-32(7)5-10(35)25-23-29-28-18(44-23)15(42)8-6-43-20-12(19(38)33(20)13(8)21(39)40)26-17(37)11(30-41-2)16-27-22(24)45-31-16/h3-4,12,20,36H,5-6H2,1-2H3,(H,26,37)(H,39,40)(H2,24,27,31)(H,25,29,35)/b30-11-/t12-,20+/m1/s1. The van der Waals surface area contributed by atoms with Gasteiger partial charge in [0, 0.05) is 35.1 Å². The van der Waals surface area contributed by atoms with Gasteiger partial charge in [0.1, 0.15) is 30.8 Å². The van der Waals surface area contributed by atoms with Crippen LogP contribution < -0.4 is 21.8 Å². The van der Waals surface area contributed by atoms with E-state index in [1.165, 1.54) is 36.6 Å². The predicted molar refractivity (Wildman–Crippen MR) is 165 cm³/mol. The molecular weight excluding hydrogens is 673 g/mol. The van der Waals surface area contributed by atoms with Gasteiger partial charge < -0.3 is 30.7 Å². The smallest absolute Gasteiger partial charge is 0.353 e. The maximum absolute atomic E-state index is 13.1. The lowest BCUT2D eigenvalue weighted by atomic mass is 10.0. The number of rotatable bonds is 10. The number of anilines is 2. The fourth-order valence-corrected chi connectivity index (χ4v) is 7.19. The average molecular weight is 693 g/mol. The van der Waals surface area contributed by atoms with Crippen molar-refractivity contribution in [3.63, 3.8) is 0 Å². The summed E-state index contributed by atoms with van der Waals surface area (Å²) in [6, 6.07) is 0.0295. The fourth-order valence-electron chi connectivity index (χ4n) is 4.25. The zero-order valence-electron chi connectivity index (χ0n) is 22.9. The Labute approximate surface area is 269 Å². The SMILES string of the molecule is CO/N=C(\C(=O)N[C@@H]1C(=O)N2C(C(=O)O)=C(C(=S)c3nnc(NC(=O)Cn4ccc(=O)c(O)c4C)s3)CS[C@@H]12)c1nsc(N)n1. The molecule has 0 aromatic carbocycles. The van der Waals surface area contributed by atoms with Crippen LogP contribution in [0.2, 0.25) is 0 Å². The third kappa shape index (κ3) is 6.11. The number of hydrogen-bond acceptors (Lipinski definition) is 17. The van der Waals surface area contributed by atoms with Crippen molar-refractivity contribution < 1.29 is 34.2 Å². The first kappa shape index (κ1) is 31.6. The number of thioether (sulfide) groups is 1. The van der Waals surface area contributed by atoms with Crippen molar-refractivity contribution in [1.82, 2.24) is 34.3 Å². The molecule has 6 N–H and O–H groups in total. The van der Waals surface area contributed by atoms with Crippen molar-refractivity contribution in [3.8, 4) is 5.75 Å². The summed E-state index contributed by atoms with van der Waals surface area (Å²) in [5, 5.41) is 35.9. The minimum atomic E-state index is -1.42. The molecule has 22 heteroatoms. The molecule has 0 spiro atoms. The van der Waals surface area contributed by atoms with Crippen molar-refractivity contribution in [3.05, 3.63) is 50.3 Å². The number of nitrogens with zero attached hydrogens (tertiary/aromatic N) is 7. The molecular formula is C23H20N10O8S4. The largest absolute Gasteiger partial charge is 0.503 e. The number of nitrogens with one attached hydrogen (secondary N) is 2. The number of hydrogen-bond donors (Lipinski definition) is 5. The summed E-state index contributed by atoms with van der Waals surface area (Å²) in [5.74, 6) is -4.00. The van der Waals surface area contributed by atoms with Gasteiger partial charge in [-0.25, -0.2) is 4.79 Å². The van der Waals surface area contributed by atoms with Gasteiger partial charge in [-0.05, 0) is 6.92 Å². The second kappa shape index (κ2) is 12.7. The van der Waals surface area contributed by atoms with Crippen LogP contribution in [0.1, 0.15) is 16.5 Å². The van der Waals surface area contributed by atoms with E-state index in [0.29, 0.717) is 0 Å². The van der Waals surface area contributed by atoms with Crippen LogP contribution in [-0.2, 0) is 30.6 Å². The Kier molecular flexibility index (Phi) is 8.90. The van der Waals surface area contributed by atoms with Gasteiger partial charge in [-0.15, -0.1) is 22.0 Å². The minimum absolute atomic E-state index is 0.0134. The van der Waals surface area contributed by atoms with Gasteiger partial charge in [0.05, 0.1) is 10.6 Å². The van der Waals surface area contributed by atoms with E-state index in [9.17, 15) is 34.2 Å². The van der Waals surface area contributed by atoms with Gasteiger partial charge in [0.25, 0.3) is 11.8 Å². The lowest BCUT2D eigenvalue weighted by Crippen LogP contribution is -2.71. The number of fused-ring (bicyclic) bond motifs is 1. The maximum atomic E-state index is 13.1. The average Bonchev–Trinajstić information content (AvgIpc) is 3.66. The van der Waals surface area contributed by atoms with Crippen molar-refractivity contribution in [2.24, 2.45) is 5.16 Å². The number of nitrogen functional groups attached to an aromatic ring is 1. The summed E-state index contributed by atoms with van der Waals surface area (Å²) < 4.78 is 5.30. The second-order valence-corrected chi connectivity index (χ2v) is 12.4. The normalized spacial score (nSPS) is 17.8. The summed E-state index contributed by atoms with van der Waals surface area (Å²) in [7, 11) is 1.21. The Balaban J connectivity index is 1.29. The highest BCUT2D eigenvalue weighted by molar-refractivity contribution is 8.00. The number of aliphatic carboxylic acids is 1. The molecule has 0 radical (unpaired) electrons. The number of amides is 3. The van der Waals surface area contributed by atoms with E-state index in [4.69, 9.17) is 22.8 Å². The van der Waals surface area contributed by atoms with E-state index in [1.807, 2.05) is 0 Å². The van der Waals surface area contributed by atoms with Crippen LogP contribution in [0, 0.1) is 6.92 Å². The van der Waals surface area contributed by atoms with Crippen molar-refractivity contribution in [1.29, 1.82) is 0 Å². The Morgan fingerprint density at radius 2 is 2.04 bits per heavy atom. The summed E-state index contributed by atoms with van der Waals surface area (Å²) in [6.07, 6.45) is 1.36. The summed E-state index contributed by atoms with van der Waals surface area (Å²) in [5.41, 5.74) is 4.66. The van der Waals surface area contributed by atoms with Gasteiger partial charge in [-0.2, -0.15) is 9.36 Å². The Bertz CT molecular complexity index is 1880. The predicted octanol–water partition coefficient (Wildman–Crippen LogP) is -0.706. The number of carboxylic acids is 1. The molecule has 0 aliphatic carbocycles. The third-order valence-electron chi connectivity index (χ3n) is 6.38. The monoisotopic (exact) mass is 692 g/mol. The van der Waals surface area contributed by atoms with Crippen LogP contribution in [0.4, 0.5) is 10.3 Å². The number of carbonyl (C=O) groups excluding carboxylic acids is 3. The molecule has 1 fully saturated rings. The number of carboxylic acid groups (broad SMARTS) is 1. The van der Waals surface area contributed by atoms with Crippen LogP contribution in [-0.4, -0.2) is 97.8 Å². The molecule has 0 bridgehead atoms. The summed E-state index contributed by atoms with van der Waals surface area (Å²) in [4.78, 5) is 72.2. The first-order valence-electron chi connectivity index (χ1n) is 12.4. The van der Waals surface area contributed by atoms with Crippen LogP contribution in [0.5, 0.6) is 5.75 Å². The first-order chi connectivity index (χ1) is 21.4. The molecule has 0 unspecified atom stereocenters. The van der Waals surface area contributed by atoms with Gasteiger partial charge in [0.15, 0.2) is 15.9 Å². The number of pyridine rings is 1. The minimum Gasteiger partial charge on any atom is -0.503 e. The number of β-lactam (4-membered cyclic amide) rings is 1. The second-order valence-electron chi connectivity index (χ2n) is 9.10. The van der Waals surface area contributed by atoms with E-state index in [2.05, 4.69) is 35.3 Å². The molecule has 2 atom stereocenters. The number of aromatic hydroxyl groups is 1. The quantitative estimate of drug-likeness (QED) is 0.0578. The number of aromatic nitrogens is 5. The van der Waals surface area contributed by atoms with E-state index in [1.54, 1.807) is 0 Å². The lowest BCUT2D eigenvalue weighted by molar-refractivity contribution is -0.150. The molecule has 3 aromatic rings. The highest BCUT2D eigenvalue weighted by Gasteiger charge is 2.55. The molecule has 3 amide bonds. The molecule has 1 saturated heterocycles. The Hall–Kier alpha value is -4.80. The van der Waals surface area contributed by atoms with E-state index in [0.717, 1.165) is 33.8 Å². The lowest BCUT2D eigenvalue weighted by Gasteiger charge is -2.49. The van der Waals surface area contributed by atoms with Crippen molar-refractivity contribution in [2.75, 3.05) is 23.9 Å². The highest BCUT2D eigenvalue weighted by Crippen LogP contribution is 2.41. The number of carbonyl (C=O) groups is 4. The summed E-state index contributed by atoms with van der Waals surface area (Å²) in [6.45, 7) is 1.24. The van der Waals surface area contributed by atoms with Crippen molar-refractivity contribution >= 4 is 91.4 Å². The zero-order valence-corrected chi connectivity index (χ0v) is 26.2. The molecule has 234 valence electrons. The van der Waals surface area contributed by atoms with Crippen LogP contribution in [0.25, 0.3) is 0 Å². The molecule has 5 heterocycles. The molecule has 2 aliphatic heterocycles. The molecule has 3 aromatic heterocycles. The molecule has 2 aliphatic rings. The number of nitrogens with two attached hydrogens (primary N) is 1. The highest BCUT2D eigenvalue weighted by atomic mass is 32.2. The topological polar surface area (TPSA) is 257 Å². The molecule has 5 rings (SSSR count). The fraction of sp³-hybridized carbons (Fsp3) is 0.261.